The number of nitrogens with zero attached hydrogens (tertiary/aromatic N) is 3. The minimum atomic E-state index is 0.381. The van der Waals surface area contributed by atoms with Crippen LogP contribution < -0.4 is 9.80 Å². The predicted octanol–water partition coefficient (Wildman–Crippen LogP) is 10.0. The second-order valence-electron chi connectivity index (χ2n) is 12.6. The smallest absolute Gasteiger partial charge is 0.127 e. The number of anilines is 2. The highest BCUT2D eigenvalue weighted by Crippen LogP contribution is 2.47. The van der Waals surface area contributed by atoms with Gasteiger partial charge in [-0.3, -0.25) is 0 Å². The zero-order valence-corrected chi connectivity index (χ0v) is 26.9. The molecule has 1 heterocycles. The minimum Gasteiger partial charge on any atom is -0.305 e. The Balaban J connectivity index is 2.08. The van der Waals surface area contributed by atoms with Crippen molar-refractivity contribution < 1.29 is 0 Å². The van der Waals surface area contributed by atoms with E-state index in [1.807, 2.05) is 0 Å². The van der Waals surface area contributed by atoms with Gasteiger partial charge in [0.15, 0.2) is 0 Å². The summed E-state index contributed by atoms with van der Waals surface area (Å²) in [7, 11) is 4.16. The molecule has 4 rings (SSSR count). The average Bonchev–Trinajstić information content (AvgIpc) is 3.32. The molecule has 0 fully saturated rings. The standard InChI is InChI=1S/C36H47ClN3/c1-23(2)28-15-12-16-29(24(3)4)34(28)39-20-21-40(35-30(25(5)6)17-13-18-31(35)26(7)8)36(39)32-19-11-14-27(33(32)37)22-38(9)10/h11-13,15-18,20-21,23-26H,19,22H2,1-10H3. The topological polar surface area (TPSA) is 9.72 Å². The molecule has 0 aromatic heterocycles. The van der Waals surface area contributed by atoms with Gasteiger partial charge in [0.1, 0.15) is 5.82 Å². The van der Waals surface area contributed by atoms with Crippen LogP contribution in [0.15, 0.2) is 76.9 Å². The molecule has 1 radical (unpaired) electrons. The first-order valence-electron chi connectivity index (χ1n) is 14.8. The first-order valence-corrected chi connectivity index (χ1v) is 15.2. The van der Waals surface area contributed by atoms with Crippen molar-refractivity contribution in [2.75, 3.05) is 30.4 Å². The second-order valence-corrected chi connectivity index (χ2v) is 13.0. The Kier molecular flexibility index (Phi) is 9.37. The molecular formula is C36H47ClN3. The summed E-state index contributed by atoms with van der Waals surface area (Å²) >= 11 is 7.32. The van der Waals surface area contributed by atoms with Crippen LogP contribution in [-0.2, 0) is 0 Å². The minimum absolute atomic E-state index is 0.381. The lowest BCUT2D eigenvalue weighted by atomic mass is 9.90. The van der Waals surface area contributed by atoms with Gasteiger partial charge in [-0.1, -0.05) is 109 Å². The Morgan fingerprint density at radius 2 is 1.12 bits per heavy atom. The average molecular weight is 557 g/mol. The van der Waals surface area contributed by atoms with Crippen molar-refractivity contribution in [1.29, 1.82) is 0 Å². The molecule has 0 saturated heterocycles. The van der Waals surface area contributed by atoms with E-state index in [4.69, 9.17) is 11.6 Å². The van der Waals surface area contributed by atoms with E-state index in [9.17, 15) is 0 Å². The highest BCUT2D eigenvalue weighted by atomic mass is 35.5. The van der Waals surface area contributed by atoms with Crippen LogP contribution in [0.4, 0.5) is 11.4 Å². The number of para-hydroxylation sites is 2. The first-order chi connectivity index (χ1) is 18.9. The van der Waals surface area contributed by atoms with E-state index in [-0.39, 0.29) is 0 Å². The van der Waals surface area contributed by atoms with Gasteiger partial charge < -0.3 is 14.7 Å². The lowest BCUT2D eigenvalue weighted by Gasteiger charge is -2.35. The quantitative estimate of drug-likeness (QED) is 0.320. The van der Waals surface area contributed by atoms with Crippen molar-refractivity contribution in [1.82, 2.24) is 4.90 Å². The molecule has 0 saturated carbocycles. The van der Waals surface area contributed by atoms with Crippen molar-refractivity contribution in [3.63, 3.8) is 0 Å². The van der Waals surface area contributed by atoms with Crippen molar-refractivity contribution >= 4 is 23.0 Å². The van der Waals surface area contributed by atoms with Crippen LogP contribution in [-0.4, -0.2) is 25.5 Å². The fourth-order valence-corrected chi connectivity index (χ4v) is 6.13. The molecule has 40 heavy (non-hydrogen) atoms. The first kappa shape index (κ1) is 30.2. The van der Waals surface area contributed by atoms with Crippen LogP contribution in [0.25, 0.3) is 0 Å². The number of rotatable bonds is 8. The van der Waals surface area contributed by atoms with Crippen molar-refractivity contribution in [2.45, 2.75) is 85.5 Å². The van der Waals surface area contributed by atoms with Crippen LogP contribution in [0.2, 0.25) is 0 Å². The molecule has 2 aliphatic rings. The van der Waals surface area contributed by atoms with Gasteiger partial charge in [-0.05, 0) is 78.1 Å². The third-order valence-corrected chi connectivity index (χ3v) is 8.30. The number of halogens is 1. The van der Waals surface area contributed by atoms with Crippen LogP contribution in [0.1, 0.15) is 108 Å². The van der Waals surface area contributed by atoms with E-state index >= 15 is 0 Å². The predicted molar refractivity (Wildman–Crippen MR) is 174 cm³/mol. The van der Waals surface area contributed by atoms with Crippen LogP contribution in [0, 0.1) is 6.08 Å². The largest absolute Gasteiger partial charge is 0.305 e. The number of hydrogen-bond donors (Lipinski definition) is 0. The molecule has 0 spiro atoms. The zero-order valence-electron chi connectivity index (χ0n) is 26.1. The molecule has 0 N–H and O–H groups in total. The summed E-state index contributed by atoms with van der Waals surface area (Å²) in [6.45, 7) is 19.1. The van der Waals surface area contributed by atoms with E-state index in [1.54, 1.807) is 0 Å². The summed E-state index contributed by atoms with van der Waals surface area (Å²) < 4.78 is 0. The lowest BCUT2D eigenvalue weighted by molar-refractivity contribution is 0.447. The molecule has 3 nitrogen and oxygen atoms in total. The van der Waals surface area contributed by atoms with Gasteiger partial charge in [-0.2, -0.15) is 0 Å². The van der Waals surface area contributed by atoms with E-state index in [2.05, 4.69) is 145 Å². The van der Waals surface area contributed by atoms with Gasteiger partial charge in [0.2, 0.25) is 0 Å². The Labute approximate surface area is 248 Å². The summed E-state index contributed by atoms with van der Waals surface area (Å²) in [5.41, 5.74) is 10.1. The van der Waals surface area contributed by atoms with Crippen molar-refractivity contribution in [2.24, 2.45) is 0 Å². The van der Waals surface area contributed by atoms with Crippen LogP contribution >= 0.6 is 11.6 Å². The fourth-order valence-electron chi connectivity index (χ4n) is 5.85. The number of allylic oxidation sites excluding steroid dienone is 3. The Morgan fingerprint density at radius 1 is 0.725 bits per heavy atom. The van der Waals surface area contributed by atoms with Crippen molar-refractivity contribution in [3.05, 3.63) is 105 Å². The highest BCUT2D eigenvalue weighted by Gasteiger charge is 2.34. The van der Waals surface area contributed by atoms with Crippen LogP contribution in [0.5, 0.6) is 0 Å². The summed E-state index contributed by atoms with van der Waals surface area (Å²) in [6.07, 6.45) is 10.9. The van der Waals surface area contributed by atoms with Gasteiger partial charge in [-0.25, -0.2) is 0 Å². The number of benzene rings is 2. The third kappa shape index (κ3) is 5.83. The van der Waals surface area contributed by atoms with Gasteiger partial charge >= 0.3 is 0 Å². The second kappa shape index (κ2) is 12.4. The molecule has 213 valence electrons. The SMILES string of the molecule is CC(C)c1cccc(C(C)C)c1N1C=CN(c2c(C(C)C)cccc2C(C)C)C1=C1CC=[C]C(CN(C)C)=C1Cl. The molecule has 0 bridgehead atoms. The maximum Gasteiger partial charge on any atom is 0.127 e. The summed E-state index contributed by atoms with van der Waals surface area (Å²) in [5.74, 6) is 2.65. The maximum absolute atomic E-state index is 7.32. The number of hydrogen-bond acceptors (Lipinski definition) is 3. The van der Waals surface area contributed by atoms with Gasteiger partial charge in [0.25, 0.3) is 0 Å². The molecule has 4 heteroatoms. The van der Waals surface area contributed by atoms with E-state index in [1.165, 1.54) is 33.6 Å². The Bertz CT molecular complexity index is 1230. The monoisotopic (exact) mass is 556 g/mol. The molecule has 0 unspecified atom stereocenters. The summed E-state index contributed by atoms with van der Waals surface area (Å²) in [4.78, 5) is 7.01. The Morgan fingerprint density at radius 3 is 1.48 bits per heavy atom. The normalized spacial score (nSPS) is 16.0. The molecule has 2 aromatic carbocycles. The van der Waals surface area contributed by atoms with Gasteiger partial charge in [0.05, 0.1) is 16.4 Å². The molecule has 2 aromatic rings. The maximum atomic E-state index is 7.32. The summed E-state index contributed by atoms with van der Waals surface area (Å²) in [6, 6.07) is 13.6. The third-order valence-electron chi connectivity index (χ3n) is 7.84. The lowest BCUT2D eigenvalue weighted by Crippen LogP contribution is -2.29. The van der Waals surface area contributed by atoms with Gasteiger partial charge in [0, 0.05) is 24.5 Å². The van der Waals surface area contributed by atoms with E-state index < -0.39 is 0 Å². The highest BCUT2D eigenvalue weighted by molar-refractivity contribution is 6.32. The number of likely N-dealkylation sites (N-methyl/N-ethyl adjacent to an activating group) is 1. The molecule has 1 aliphatic heterocycles. The fraction of sp³-hybridized carbons (Fsp3) is 0.444. The van der Waals surface area contributed by atoms with E-state index in [0.29, 0.717) is 23.7 Å². The molecule has 1 aliphatic carbocycles. The molecule has 0 amide bonds. The van der Waals surface area contributed by atoms with Crippen LogP contribution in [0.3, 0.4) is 0 Å². The van der Waals surface area contributed by atoms with Crippen molar-refractivity contribution in [3.8, 4) is 0 Å². The molecule has 0 atom stereocenters. The Hall–Kier alpha value is -2.75. The van der Waals surface area contributed by atoms with Gasteiger partial charge in [-0.15, -0.1) is 0 Å². The molecular weight excluding hydrogens is 510 g/mol. The summed E-state index contributed by atoms with van der Waals surface area (Å²) in [5, 5.41) is 0.811. The van der Waals surface area contributed by atoms with E-state index in [0.717, 1.165) is 35.0 Å². The zero-order chi connectivity index (χ0) is 29.3.